The number of benzene rings is 2. The summed E-state index contributed by atoms with van der Waals surface area (Å²) in [5.41, 5.74) is 7.37. The molecule has 3 rings (SSSR count). The molecule has 0 bridgehead atoms. The van der Waals surface area contributed by atoms with Crippen LogP contribution in [0.25, 0.3) is 11.0 Å². The highest BCUT2D eigenvalue weighted by molar-refractivity contribution is 6.31. The summed E-state index contributed by atoms with van der Waals surface area (Å²) in [6.07, 6.45) is 0. The standard InChI is InChI=1S/C16H12ClNO2/c17-12-6-7-13-11(8-12)9-14(20-13)16(19)15(18)10-4-2-1-3-5-10/h1-9,15H,18H2. The zero-order valence-corrected chi connectivity index (χ0v) is 11.3. The first kappa shape index (κ1) is 12.9. The van der Waals surface area contributed by atoms with Crippen LogP contribution < -0.4 is 5.73 Å². The van der Waals surface area contributed by atoms with E-state index in [1.165, 1.54) is 0 Å². The summed E-state index contributed by atoms with van der Waals surface area (Å²) in [4.78, 5) is 12.3. The molecule has 2 N–H and O–H groups in total. The van der Waals surface area contributed by atoms with E-state index in [1.54, 1.807) is 24.3 Å². The second-order valence-electron chi connectivity index (χ2n) is 4.55. The number of fused-ring (bicyclic) bond motifs is 1. The van der Waals surface area contributed by atoms with Crippen molar-refractivity contribution >= 4 is 28.4 Å². The molecule has 2 aromatic carbocycles. The molecule has 3 nitrogen and oxygen atoms in total. The van der Waals surface area contributed by atoms with Gasteiger partial charge in [-0.2, -0.15) is 0 Å². The Bertz CT molecular complexity index is 765. The monoisotopic (exact) mass is 285 g/mol. The number of ketones is 1. The Labute approximate surface area is 120 Å². The van der Waals surface area contributed by atoms with Gasteiger partial charge in [-0.25, -0.2) is 0 Å². The molecule has 0 aliphatic rings. The molecule has 0 amide bonds. The molecule has 0 saturated heterocycles. The Morgan fingerprint density at radius 1 is 1.10 bits per heavy atom. The summed E-state index contributed by atoms with van der Waals surface area (Å²) in [5.74, 6) is 0.00198. The van der Waals surface area contributed by atoms with Crippen molar-refractivity contribution in [3.63, 3.8) is 0 Å². The number of nitrogens with two attached hydrogens (primary N) is 1. The first-order valence-electron chi connectivity index (χ1n) is 6.19. The Kier molecular flexibility index (Phi) is 3.30. The molecule has 0 aliphatic heterocycles. The SMILES string of the molecule is NC(C(=O)c1cc2cc(Cl)ccc2o1)c1ccccc1. The van der Waals surface area contributed by atoms with Gasteiger partial charge in [0.15, 0.2) is 5.76 Å². The summed E-state index contributed by atoms with van der Waals surface area (Å²) in [6.45, 7) is 0. The van der Waals surface area contributed by atoms with Gasteiger partial charge >= 0.3 is 0 Å². The van der Waals surface area contributed by atoms with Crippen LogP contribution in [0.15, 0.2) is 59.0 Å². The van der Waals surface area contributed by atoms with E-state index in [-0.39, 0.29) is 11.5 Å². The lowest BCUT2D eigenvalue weighted by Crippen LogP contribution is -2.20. The van der Waals surface area contributed by atoms with Crippen LogP contribution in [0, 0.1) is 0 Å². The van der Waals surface area contributed by atoms with E-state index in [9.17, 15) is 4.79 Å². The van der Waals surface area contributed by atoms with Crippen LogP contribution in [0.1, 0.15) is 22.2 Å². The second kappa shape index (κ2) is 5.12. The van der Waals surface area contributed by atoms with Crippen LogP contribution in [-0.4, -0.2) is 5.78 Å². The molecule has 0 spiro atoms. The molecule has 0 fully saturated rings. The quantitative estimate of drug-likeness (QED) is 0.741. The van der Waals surface area contributed by atoms with Crippen LogP contribution >= 0.6 is 11.6 Å². The third-order valence-corrected chi connectivity index (χ3v) is 3.40. The van der Waals surface area contributed by atoms with E-state index < -0.39 is 6.04 Å². The van der Waals surface area contributed by atoms with Crippen molar-refractivity contribution in [1.82, 2.24) is 0 Å². The van der Waals surface area contributed by atoms with Crippen molar-refractivity contribution in [3.8, 4) is 0 Å². The molecule has 3 aromatic rings. The highest BCUT2D eigenvalue weighted by atomic mass is 35.5. The first-order valence-corrected chi connectivity index (χ1v) is 6.57. The highest BCUT2D eigenvalue weighted by Gasteiger charge is 2.21. The highest BCUT2D eigenvalue weighted by Crippen LogP contribution is 2.25. The van der Waals surface area contributed by atoms with Gasteiger partial charge in [-0.1, -0.05) is 41.9 Å². The summed E-state index contributed by atoms with van der Waals surface area (Å²) in [5, 5.41) is 1.39. The molecule has 4 heteroatoms. The predicted molar refractivity (Wildman–Crippen MR) is 78.9 cm³/mol. The number of furan rings is 1. The maximum absolute atomic E-state index is 12.3. The van der Waals surface area contributed by atoms with Gasteiger partial charge in [-0.15, -0.1) is 0 Å². The Balaban J connectivity index is 1.96. The molecule has 100 valence electrons. The van der Waals surface area contributed by atoms with Crippen LogP contribution in [0.5, 0.6) is 0 Å². The van der Waals surface area contributed by atoms with Crippen LogP contribution in [0.4, 0.5) is 0 Å². The van der Waals surface area contributed by atoms with Gasteiger partial charge in [-0.05, 0) is 29.8 Å². The molecular weight excluding hydrogens is 274 g/mol. The number of Topliss-reactive ketones (excluding diaryl/α,β-unsaturated/α-hetero) is 1. The van der Waals surface area contributed by atoms with Gasteiger partial charge in [0.2, 0.25) is 5.78 Å². The maximum Gasteiger partial charge on any atom is 0.219 e. The van der Waals surface area contributed by atoms with Crippen molar-refractivity contribution in [2.24, 2.45) is 5.73 Å². The topological polar surface area (TPSA) is 56.2 Å². The van der Waals surface area contributed by atoms with Crippen molar-refractivity contribution < 1.29 is 9.21 Å². The fourth-order valence-electron chi connectivity index (χ4n) is 2.10. The predicted octanol–water partition coefficient (Wildman–Crippen LogP) is 3.97. The smallest absolute Gasteiger partial charge is 0.219 e. The maximum atomic E-state index is 12.3. The number of halogens is 1. The van der Waals surface area contributed by atoms with Gasteiger partial charge in [0.05, 0.1) is 6.04 Å². The normalized spacial score (nSPS) is 12.5. The lowest BCUT2D eigenvalue weighted by Gasteiger charge is -2.08. The van der Waals surface area contributed by atoms with Crippen molar-refractivity contribution in [2.75, 3.05) is 0 Å². The Morgan fingerprint density at radius 2 is 1.85 bits per heavy atom. The van der Waals surface area contributed by atoms with E-state index in [1.807, 2.05) is 30.3 Å². The number of hydrogen-bond donors (Lipinski definition) is 1. The summed E-state index contributed by atoms with van der Waals surface area (Å²) >= 11 is 5.91. The third kappa shape index (κ3) is 2.33. The molecular formula is C16H12ClNO2. The lowest BCUT2D eigenvalue weighted by atomic mass is 10.0. The van der Waals surface area contributed by atoms with Crippen molar-refractivity contribution in [3.05, 3.63) is 70.9 Å². The molecule has 1 aromatic heterocycles. The van der Waals surface area contributed by atoms with Crippen LogP contribution in [0.3, 0.4) is 0 Å². The van der Waals surface area contributed by atoms with Gasteiger partial charge < -0.3 is 10.2 Å². The van der Waals surface area contributed by atoms with E-state index in [4.69, 9.17) is 21.8 Å². The van der Waals surface area contributed by atoms with Crippen molar-refractivity contribution in [2.45, 2.75) is 6.04 Å². The molecule has 0 saturated carbocycles. The lowest BCUT2D eigenvalue weighted by molar-refractivity contribution is 0.0936. The molecule has 0 aliphatic carbocycles. The number of carbonyl (C=O) groups excluding carboxylic acids is 1. The average molecular weight is 286 g/mol. The summed E-state index contributed by atoms with van der Waals surface area (Å²) in [7, 11) is 0. The van der Waals surface area contributed by atoms with Crippen LogP contribution in [-0.2, 0) is 0 Å². The Hall–Kier alpha value is -2.10. The fourth-order valence-corrected chi connectivity index (χ4v) is 2.28. The Morgan fingerprint density at radius 3 is 2.60 bits per heavy atom. The van der Waals surface area contributed by atoms with Crippen molar-refractivity contribution in [1.29, 1.82) is 0 Å². The molecule has 0 radical (unpaired) electrons. The fraction of sp³-hybridized carbons (Fsp3) is 0.0625. The van der Waals surface area contributed by atoms with Gasteiger partial charge in [0.1, 0.15) is 5.58 Å². The van der Waals surface area contributed by atoms with Gasteiger partial charge in [0, 0.05) is 10.4 Å². The minimum absolute atomic E-state index is 0.247. The van der Waals surface area contributed by atoms with E-state index in [2.05, 4.69) is 0 Å². The van der Waals surface area contributed by atoms with Gasteiger partial charge in [0.25, 0.3) is 0 Å². The number of carbonyl (C=O) groups is 1. The third-order valence-electron chi connectivity index (χ3n) is 3.16. The molecule has 1 unspecified atom stereocenters. The second-order valence-corrected chi connectivity index (χ2v) is 4.98. The zero-order chi connectivity index (χ0) is 14.1. The largest absolute Gasteiger partial charge is 0.453 e. The molecule has 1 atom stereocenters. The summed E-state index contributed by atoms with van der Waals surface area (Å²) in [6, 6.07) is 15.4. The van der Waals surface area contributed by atoms with E-state index in [0.29, 0.717) is 10.6 Å². The first-order chi connectivity index (χ1) is 9.65. The minimum atomic E-state index is -0.729. The van der Waals surface area contributed by atoms with E-state index >= 15 is 0 Å². The number of rotatable bonds is 3. The van der Waals surface area contributed by atoms with Crippen LogP contribution in [0.2, 0.25) is 5.02 Å². The molecule has 20 heavy (non-hydrogen) atoms. The van der Waals surface area contributed by atoms with E-state index in [0.717, 1.165) is 10.9 Å². The summed E-state index contributed by atoms with van der Waals surface area (Å²) < 4.78 is 5.54. The molecule has 1 heterocycles. The average Bonchev–Trinajstić information content (AvgIpc) is 2.89. The van der Waals surface area contributed by atoms with Gasteiger partial charge in [-0.3, -0.25) is 4.79 Å². The number of hydrogen-bond acceptors (Lipinski definition) is 3. The minimum Gasteiger partial charge on any atom is -0.453 e. The zero-order valence-electron chi connectivity index (χ0n) is 10.5.